The Morgan fingerprint density at radius 3 is 2.42 bits per heavy atom. The van der Waals surface area contributed by atoms with Gasteiger partial charge in [0.25, 0.3) is 0 Å². The number of hydrogen-bond acceptors (Lipinski definition) is 5. The molecule has 26 heavy (non-hydrogen) atoms. The van der Waals surface area contributed by atoms with Gasteiger partial charge in [0.2, 0.25) is 15.9 Å². The van der Waals surface area contributed by atoms with Crippen LogP contribution in [0.25, 0.3) is 0 Å². The van der Waals surface area contributed by atoms with Crippen molar-refractivity contribution < 1.29 is 22.7 Å². The zero-order valence-corrected chi connectivity index (χ0v) is 16.4. The summed E-state index contributed by atoms with van der Waals surface area (Å²) < 4.78 is 37.3. The summed E-state index contributed by atoms with van der Waals surface area (Å²) in [5, 5.41) is 2.91. The van der Waals surface area contributed by atoms with E-state index in [0.717, 1.165) is 0 Å². The predicted molar refractivity (Wildman–Crippen MR) is 98.6 cm³/mol. The number of methoxy groups -OCH3 is 1. The molecule has 8 heteroatoms. The van der Waals surface area contributed by atoms with E-state index in [1.807, 2.05) is 13.8 Å². The Morgan fingerprint density at radius 2 is 1.88 bits per heavy atom. The van der Waals surface area contributed by atoms with E-state index in [4.69, 9.17) is 9.47 Å². The maximum atomic E-state index is 12.8. The van der Waals surface area contributed by atoms with Crippen molar-refractivity contribution in [3.63, 3.8) is 0 Å². The molecule has 1 aliphatic rings. The van der Waals surface area contributed by atoms with Crippen LogP contribution < -0.4 is 10.1 Å². The highest BCUT2D eigenvalue weighted by Gasteiger charge is 2.32. The van der Waals surface area contributed by atoms with Crippen molar-refractivity contribution in [2.24, 2.45) is 5.92 Å². The summed E-state index contributed by atoms with van der Waals surface area (Å²) in [5.41, 5.74) is 0. The highest BCUT2D eigenvalue weighted by molar-refractivity contribution is 7.89. The molecule has 1 atom stereocenters. The van der Waals surface area contributed by atoms with Gasteiger partial charge in [0.05, 0.1) is 18.1 Å². The molecule has 0 bridgehead atoms. The van der Waals surface area contributed by atoms with Crippen molar-refractivity contribution in [1.29, 1.82) is 0 Å². The minimum Gasteiger partial charge on any atom is -0.494 e. The zero-order chi connectivity index (χ0) is 19.2. The third-order valence-electron chi connectivity index (χ3n) is 4.40. The lowest BCUT2D eigenvalue weighted by Gasteiger charge is -2.31. The van der Waals surface area contributed by atoms with E-state index >= 15 is 0 Å². The number of nitrogens with zero attached hydrogens (tertiary/aromatic N) is 1. The molecular formula is C18H28N2O5S. The van der Waals surface area contributed by atoms with Gasteiger partial charge in [0.15, 0.2) is 0 Å². The van der Waals surface area contributed by atoms with Crippen LogP contribution in [0.1, 0.15) is 26.7 Å². The molecule has 0 unspecified atom stereocenters. The Kier molecular flexibility index (Phi) is 7.43. The molecule has 7 nitrogen and oxygen atoms in total. The molecule has 1 aliphatic heterocycles. The zero-order valence-electron chi connectivity index (χ0n) is 15.6. The van der Waals surface area contributed by atoms with Crippen molar-refractivity contribution in [2.45, 2.75) is 37.6 Å². The lowest BCUT2D eigenvalue weighted by molar-refractivity contribution is -0.127. The van der Waals surface area contributed by atoms with Crippen LogP contribution in [0.2, 0.25) is 0 Å². The van der Waals surface area contributed by atoms with Crippen LogP contribution in [0.5, 0.6) is 5.75 Å². The van der Waals surface area contributed by atoms with E-state index in [-0.39, 0.29) is 22.8 Å². The summed E-state index contributed by atoms with van der Waals surface area (Å²) in [7, 11) is -1.96. The fraction of sp³-hybridized carbons (Fsp3) is 0.611. The molecule has 0 radical (unpaired) electrons. The number of ether oxygens (including phenoxy) is 2. The third-order valence-corrected chi connectivity index (χ3v) is 6.32. The highest BCUT2D eigenvalue weighted by Crippen LogP contribution is 2.25. The predicted octanol–water partition coefficient (Wildman–Crippen LogP) is 1.64. The summed E-state index contributed by atoms with van der Waals surface area (Å²) in [4.78, 5) is 12.5. The Balaban J connectivity index is 1.94. The summed E-state index contributed by atoms with van der Waals surface area (Å²) in [6.45, 7) is 5.42. The summed E-state index contributed by atoms with van der Waals surface area (Å²) in [6.07, 6.45) is 1.03. The second kappa shape index (κ2) is 9.34. The molecular weight excluding hydrogens is 356 g/mol. The number of nitrogens with one attached hydrogen (secondary N) is 1. The molecule has 1 aromatic carbocycles. The van der Waals surface area contributed by atoms with Gasteiger partial charge in [-0.2, -0.15) is 4.31 Å². The lowest BCUT2D eigenvalue weighted by atomic mass is 9.97. The largest absolute Gasteiger partial charge is 0.494 e. The van der Waals surface area contributed by atoms with Crippen molar-refractivity contribution >= 4 is 15.9 Å². The van der Waals surface area contributed by atoms with E-state index < -0.39 is 10.0 Å². The standard InChI is InChI=1S/C18H28N2O5S/c1-4-25-16-5-7-17(8-6-16)26(22,23)20-11-9-15(10-12-20)18(21)19-14(2)13-24-3/h5-8,14-15H,4,9-13H2,1-3H3,(H,19,21)/t14-/m0/s1. The highest BCUT2D eigenvalue weighted by atomic mass is 32.2. The van der Waals surface area contributed by atoms with Crippen LogP contribution in [0.3, 0.4) is 0 Å². The van der Waals surface area contributed by atoms with Crippen molar-refractivity contribution in [3.8, 4) is 5.75 Å². The van der Waals surface area contributed by atoms with Crippen LogP contribution in [0.15, 0.2) is 29.2 Å². The minimum atomic E-state index is -3.55. The SMILES string of the molecule is CCOc1ccc(S(=O)(=O)N2CCC(C(=O)N[C@@H](C)COC)CC2)cc1. The first kappa shape index (κ1) is 20.7. The second-order valence-electron chi connectivity index (χ2n) is 6.45. The maximum absolute atomic E-state index is 12.8. The molecule has 1 fully saturated rings. The van der Waals surface area contributed by atoms with E-state index in [1.54, 1.807) is 31.4 Å². The van der Waals surface area contributed by atoms with E-state index in [0.29, 0.717) is 44.9 Å². The van der Waals surface area contributed by atoms with E-state index in [2.05, 4.69) is 5.32 Å². The number of amides is 1. The van der Waals surface area contributed by atoms with Gasteiger partial charge in [-0.1, -0.05) is 0 Å². The van der Waals surface area contributed by atoms with Gasteiger partial charge < -0.3 is 14.8 Å². The number of piperidine rings is 1. The first-order chi connectivity index (χ1) is 12.4. The second-order valence-corrected chi connectivity index (χ2v) is 8.39. The van der Waals surface area contributed by atoms with Gasteiger partial charge in [-0.15, -0.1) is 0 Å². The van der Waals surface area contributed by atoms with Gasteiger partial charge >= 0.3 is 0 Å². The quantitative estimate of drug-likeness (QED) is 0.736. The number of rotatable bonds is 8. The van der Waals surface area contributed by atoms with Gasteiger partial charge in [0.1, 0.15) is 5.75 Å². The molecule has 0 spiro atoms. The van der Waals surface area contributed by atoms with E-state index in [9.17, 15) is 13.2 Å². The molecule has 146 valence electrons. The molecule has 1 aromatic rings. The number of carbonyl (C=O) groups excluding carboxylic acids is 1. The fourth-order valence-electron chi connectivity index (χ4n) is 3.03. The molecule has 0 saturated carbocycles. The number of carbonyl (C=O) groups is 1. The van der Waals surface area contributed by atoms with E-state index in [1.165, 1.54) is 4.31 Å². The van der Waals surface area contributed by atoms with Gasteiger partial charge in [-0.25, -0.2) is 8.42 Å². The molecule has 2 rings (SSSR count). The average Bonchev–Trinajstić information content (AvgIpc) is 2.62. The van der Waals surface area contributed by atoms with Crippen LogP contribution in [-0.4, -0.2) is 58.1 Å². The van der Waals surface area contributed by atoms with Gasteiger partial charge in [-0.3, -0.25) is 4.79 Å². The Labute approximate surface area is 155 Å². The number of sulfonamides is 1. The van der Waals surface area contributed by atoms with Crippen LogP contribution in [0.4, 0.5) is 0 Å². The van der Waals surface area contributed by atoms with Gasteiger partial charge in [0, 0.05) is 32.2 Å². The summed E-state index contributed by atoms with van der Waals surface area (Å²) in [6, 6.07) is 6.39. The Morgan fingerprint density at radius 1 is 1.27 bits per heavy atom. The maximum Gasteiger partial charge on any atom is 0.243 e. The average molecular weight is 384 g/mol. The van der Waals surface area contributed by atoms with Crippen molar-refractivity contribution in [2.75, 3.05) is 33.4 Å². The van der Waals surface area contributed by atoms with Crippen LogP contribution >= 0.6 is 0 Å². The minimum absolute atomic E-state index is 0.0346. The molecule has 1 N–H and O–H groups in total. The smallest absolute Gasteiger partial charge is 0.243 e. The molecule has 0 aromatic heterocycles. The fourth-order valence-corrected chi connectivity index (χ4v) is 4.50. The molecule has 1 saturated heterocycles. The molecule has 1 heterocycles. The lowest BCUT2D eigenvalue weighted by Crippen LogP contribution is -2.45. The Bertz CT molecular complexity index is 682. The normalized spacial score (nSPS) is 17.7. The van der Waals surface area contributed by atoms with Crippen molar-refractivity contribution in [3.05, 3.63) is 24.3 Å². The summed E-state index contributed by atoms with van der Waals surface area (Å²) in [5.74, 6) is 0.445. The van der Waals surface area contributed by atoms with Crippen molar-refractivity contribution in [1.82, 2.24) is 9.62 Å². The number of hydrogen-bond donors (Lipinski definition) is 1. The van der Waals surface area contributed by atoms with Gasteiger partial charge in [-0.05, 0) is 51.0 Å². The van der Waals surface area contributed by atoms with Crippen LogP contribution in [-0.2, 0) is 19.6 Å². The summed E-state index contributed by atoms with van der Waals surface area (Å²) >= 11 is 0. The Hall–Kier alpha value is -1.64. The first-order valence-electron chi connectivity index (χ1n) is 8.90. The monoisotopic (exact) mass is 384 g/mol. The third kappa shape index (κ3) is 5.18. The first-order valence-corrected chi connectivity index (χ1v) is 10.3. The molecule has 1 amide bonds. The molecule has 0 aliphatic carbocycles. The topological polar surface area (TPSA) is 84.9 Å². The number of benzene rings is 1. The van der Waals surface area contributed by atoms with Crippen LogP contribution in [0, 0.1) is 5.92 Å².